The van der Waals surface area contributed by atoms with Gasteiger partial charge in [-0.2, -0.15) is 0 Å². The predicted octanol–water partition coefficient (Wildman–Crippen LogP) is 3.90. The average Bonchev–Trinajstić information content (AvgIpc) is 3.22. The van der Waals surface area contributed by atoms with Crippen LogP contribution in [0.2, 0.25) is 0 Å². The van der Waals surface area contributed by atoms with Crippen molar-refractivity contribution in [1.82, 2.24) is 5.09 Å². The Kier molecular flexibility index (Phi) is 5.23. The Morgan fingerprint density at radius 3 is 1.76 bits per heavy atom. The molecule has 0 aromatic heterocycles. The number of carbonyl (C=O) groups is 1. The first-order chi connectivity index (χ1) is 14.0. The van der Waals surface area contributed by atoms with Gasteiger partial charge in [-0.15, -0.1) is 0 Å². The molecule has 4 rings (SSSR count). The largest absolute Gasteiger partial charge is 0.453 e. The molecular formula is C24H22NO3P. The van der Waals surface area contributed by atoms with Crippen LogP contribution in [-0.4, -0.2) is 12.1 Å². The van der Waals surface area contributed by atoms with Crippen LogP contribution < -0.4 is 15.7 Å². The first-order valence-corrected chi connectivity index (χ1v) is 11.2. The molecule has 0 saturated heterocycles. The zero-order chi connectivity index (χ0) is 20.3. The maximum Gasteiger partial charge on any atom is 0.331 e. The molecule has 0 bridgehead atoms. The summed E-state index contributed by atoms with van der Waals surface area (Å²) in [6.07, 6.45) is 2.56. The van der Waals surface area contributed by atoms with Gasteiger partial charge in [-0.25, -0.2) is 9.88 Å². The Balaban J connectivity index is 1.87. The standard InChI is InChI=1S/C24H22NO3P/c1-24(19-11-5-2-6-12-19,22-17-18-23(26)28-22)25-29(27,20-13-7-3-8-14-20)21-15-9-4-10-16-21/h2-18,22H,1H3,(H,25,27)/t22-,24+/m0/s1. The van der Waals surface area contributed by atoms with E-state index in [1.807, 2.05) is 97.9 Å². The second kappa shape index (κ2) is 7.82. The van der Waals surface area contributed by atoms with Gasteiger partial charge in [0.2, 0.25) is 7.29 Å². The van der Waals surface area contributed by atoms with Crippen molar-refractivity contribution in [3.63, 3.8) is 0 Å². The first kappa shape index (κ1) is 19.4. The fourth-order valence-corrected chi connectivity index (χ4v) is 6.29. The lowest BCUT2D eigenvalue weighted by Gasteiger charge is -2.39. The summed E-state index contributed by atoms with van der Waals surface area (Å²) in [7, 11) is -3.26. The number of esters is 1. The Labute approximate surface area is 170 Å². The Morgan fingerprint density at radius 2 is 1.31 bits per heavy atom. The number of benzene rings is 3. The van der Waals surface area contributed by atoms with E-state index in [1.165, 1.54) is 6.08 Å². The van der Waals surface area contributed by atoms with E-state index >= 15 is 0 Å². The third-order valence-corrected chi connectivity index (χ3v) is 8.05. The van der Waals surface area contributed by atoms with E-state index in [-0.39, 0.29) is 0 Å². The summed E-state index contributed by atoms with van der Waals surface area (Å²) in [5, 5.41) is 4.84. The van der Waals surface area contributed by atoms with Gasteiger partial charge in [-0.3, -0.25) is 4.57 Å². The summed E-state index contributed by atoms with van der Waals surface area (Å²) < 4.78 is 20.1. The van der Waals surface area contributed by atoms with Gasteiger partial charge in [0.15, 0.2) is 0 Å². The molecule has 0 spiro atoms. The van der Waals surface area contributed by atoms with Gasteiger partial charge in [0, 0.05) is 16.7 Å². The lowest BCUT2D eigenvalue weighted by Crippen LogP contribution is -2.50. The summed E-state index contributed by atoms with van der Waals surface area (Å²) in [4.78, 5) is 11.8. The molecule has 0 saturated carbocycles. The fraction of sp³-hybridized carbons (Fsp3) is 0.125. The Morgan fingerprint density at radius 1 is 0.828 bits per heavy atom. The number of rotatable bonds is 6. The molecule has 1 heterocycles. The normalized spacial score (nSPS) is 18.2. The lowest BCUT2D eigenvalue weighted by atomic mass is 9.87. The molecule has 146 valence electrons. The molecule has 1 N–H and O–H groups in total. The zero-order valence-electron chi connectivity index (χ0n) is 16.1. The van der Waals surface area contributed by atoms with Crippen LogP contribution in [0.15, 0.2) is 103 Å². The summed E-state index contributed by atoms with van der Waals surface area (Å²) in [6, 6.07) is 28.4. The number of ether oxygens (including phenoxy) is 1. The van der Waals surface area contributed by atoms with Crippen LogP contribution in [0.5, 0.6) is 0 Å². The molecule has 3 aromatic rings. The number of cyclic esters (lactones) is 1. The van der Waals surface area contributed by atoms with Crippen LogP contribution in [0.3, 0.4) is 0 Å². The van der Waals surface area contributed by atoms with Crippen molar-refractivity contribution < 1.29 is 14.1 Å². The van der Waals surface area contributed by atoms with Gasteiger partial charge in [0.1, 0.15) is 6.10 Å². The lowest BCUT2D eigenvalue weighted by molar-refractivity contribution is -0.141. The van der Waals surface area contributed by atoms with E-state index < -0.39 is 24.9 Å². The molecule has 4 nitrogen and oxygen atoms in total. The molecule has 1 aliphatic heterocycles. The highest BCUT2D eigenvalue weighted by molar-refractivity contribution is 7.77. The SMILES string of the molecule is C[C@@](NP(=O)(c1ccccc1)c1ccccc1)(c1ccccc1)[C@@H]1C=CC(=O)O1. The maximum atomic E-state index is 14.6. The molecular weight excluding hydrogens is 381 g/mol. The van der Waals surface area contributed by atoms with Crippen LogP contribution in [0, 0.1) is 0 Å². The van der Waals surface area contributed by atoms with E-state index in [9.17, 15) is 9.36 Å². The summed E-state index contributed by atoms with van der Waals surface area (Å²) >= 11 is 0. The quantitative estimate of drug-likeness (QED) is 0.501. The van der Waals surface area contributed by atoms with Gasteiger partial charge in [0.25, 0.3) is 0 Å². The van der Waals surface area contributed by atoms with Crippen molar-refractivity contribution in [2.24, 2.45) is 0 Å². The number of carbonyl (C=O) groups excluding carboxylic acids is 1. The number of hydrogen-bond donors (Lipinski definition) is 1. The summed E-state index contributed by atoms with van der Waals surface area (Å²) in [5.74, 6) is -0.395. The van der Waals surface area contributed by atoms with E-state index in [0.29, 0.717) is 10.6 Å². The Hall–Kier alpha value is -2.94. The van der Waals surface area contributed by atoms with E-state index in [1.54, 1.807) is 6.08 Å². The van der Waals surface area contributed by atoms with Crippen molar-refractivity contribution >= 4 is 23.9 Å². The Bertz CT molecular complexity index is 1020. The fourth-order valence-electron chi connectivity index (χ4n) is 3.64. The highest BCUT2D eigenvalue weighted by atomic mass is 31.2. The van der Waals surface area contributed by atoms with Gasteiger partial charge < -0.3 is 4.74 Å². The summed E-state index contributed by atoms with van der Waals surface area (Å²) in [5.41, 5.74) is -0.0121. The number of hydrogen-bond acceptors (Lipinski definition) is 3. The highest BCUT2D eigenvalue weighted by Crippen LogP contribution is 2.45. The van der Waals surface area contributed by atoms with E-state index in [2.05, 4.69) is 5.09 Å². The second-order valence-corrected chi connectivity index (χ2v) is 9.65. The molecule has 3 aromatic carbocycles. The zero-order valence-corrected chi connectivity index (χ0v) is 17.0. The monoisotopic (exact) mass is 403 g/mol. The van der Waals surface area contributed by atoms with Gasteiger partial charge >= 0.3 is 5.97 Å². The van der Waals surface area contributed by atoms with Crippen LogP contribution in [0.25, 0.3) is 0 Å². The molecule has 0 aliphatic carbocycles. The minimum absolute atomic E-state index is 0.395. The third kappa shape index (κ3) is 3.69. The maximum absolute atomic E-state index is 14.6. The van der Waals surface area contributed by atoms with Crippen molar-refractivity contribution in [3.8, 4) is 0 Å². The molecule has 0 unspecified atom stereocenters. The second-order valence-electron chi connectivity index (χ2n) is 7.18. The molecule has 2 atom stereocenters. The minimum Gasteiger partial charge on any atom is -0.453 e. The molecule has 1 aliphatic rings. The molecule has 5 heteroatoms. The molecule has 0 fully saturated rings. The van der Waals surface area contributed by atoms with Gasteiger partial charge in [0.05, 0.1) is 5.54 Å². The van der Waals surface area contributed by atoms with Crippen LogP contribution in [0.4, 0.5) is 0 Å². The van der Waals surface area contributed by atoms with E-state index in [0.717, 1.165) is 5.56 Å². The smallest absolute Gasteiger partial charge is 0.331 e. The van der Waals surface area contributed by atoms with Crippen LogP contribution >= 0.6 is 7.29 Å². The first-order valence-electron chi connectivity index (χ1n) is 9.47. The van der Waals surface area contributed by atoms with Crippen molar-refractivity contribution in [3.05, 3.63) is 109 Å². The third-order valence-electron chi connectivity index (χ3n) is 5.22. The van der Waals surface area contributed by atoms with Gasteiger partial charge in [-0.1, -0.05) is 66.7 Å². The predicted molar refractivity (Wildman–Crippen MR) is 116 cm³/mol. The highest BCUT2D eigenvalue weighted by Gasteiger charge is 2.45. The van der Waals surface area contributed by atoms with Crippen LogP contribution in [-0.2, 0) is 19.6 Å². The van der Waals surface area contributed by atoms with Crippen molar-refractivity contribution in [2.45, 2.75) is 18.6 Å². The molecule has 0 radical (unpaired) electrons. The number of nitrogens with one attached hydrogen (secondary N) is 1. The molecule has 0 amide bonds. The van der Waals surface area contributed by atoms with Gasteiger partial charge in [-0.05, 0) is 42.8 Å². The minimum atomic E-state index is -3.26. The topological polar surface area (TPSA) is 55.4 Å². The molecule has 29 heavy (non-hydrogen) atoms. The van der Waals surface area contributed by atoms with E-state index in [4.69, 9.17) is 4.74 Å². The van der Waals surface area contributed by atoms with Crippen molar-refractivity contribution in [2.75, 3.05) is 0 Å². The van der Waals surface area contributed by atoms with Crippen molar-refractivity contribution in [1.29, 1.82) is 0 Å². The van der Waals surface area contributed by atoms with Crippen LogP contribution in [0.1, 0.15) is 12.5 Å². The summed E-state index contributed by atoms with van der Waals surface area (Å²) in [6.45, 7) is 1.93. The average molecular weight is 403 g/mol.